The van der Waals surface area contributed by atoms with Crippen molar-refractivity contribution in [3.05, 3.63) is 145 Å². The first-order valence-electron chi connectivity index (χ1n) is 17.9. The van der Waals surface area contributed by atoms with Gasteiger partial charge in [-0.3, -0.25) is 19.5 Å². The molecule has 0 heterocycles. The summed E-state index contributed by atoms with van der Waals surface area (Å²) < 4.78 is 97.1. The standard InChI is InChI=1S/C39H39N9O9S4/c1-48(35-18-22-37(23-19-35)59(49,50)51)47-32-14-12-30(13-15-32)44-46-34-7-5-27(39(25-34)61(55,56)57-40)3-2-26-4-6-33(24-38(26)60(52,53)54)45-43-29-10-8-28(9-11-29)41-42-31-16-20-36(58)21-17-31/h4-25,43-47,58H,2-3,40H2,1H3,(H,49,50,51)(H,52,53,54). The van der Waals surface area contributed by atoms with Crippen molar-refractivity contribution in [2.45, 2.75) is 32.4 Å². The van der Waals surface area contributed by atoms with E-state index in [9.17, 15) is 34.4 Å². The van der Waals surface area contributed by atoms with Gasteiger partial charge in [-0.2, -0.15) is 45.7 Å². The van der Waals surface area contributed by atoms with Gasteiger partial charge in [-0.15, -0.1) is 12.6 Å². The number of azo groups is 1. The van der Waals surface area contributed by atoms with E-state index >= 15 is 0 Å². The lowest BCUT2D eigenvalue weighted by Crippen LogP contribution is -2.24. The fourth-order valence-corrected chi connectivity index (χ4v) is 8.01. The number of nitrogens with zero attached hydrogens (tertiary/aromatic N) is 3. The minimum Gasteiger partial charge on any atom is -0.301 e. The molecule has 61 heavy (non-hydrogen) atoms. The molecule has 0 aliphatic rings. The molecule has 0 radical (unpaired) electrons. The number of rotatable bonds is 18. The molecule has 0 bridgehead atoms. The minimum absolute atomic E-state index is 0.0151. The minimum atomic E-state index is -4.70. The summed E-state index contributed by atoms with van der Waals surface area (Å²) in [7, 11) is -11.7. The van der Waals surface area contributed by atoms with Gasteiger partial charge in [0.05, 0.1) is 55.3 Å². The molecule has 0 aromatic heterocycles. The Hall–Kier alpha value is -6.24. The van der Waals surface area contributed by atoms with Crippen LogP contribution >= 0.6 is 12.6 Å². The predicted molar refractivity (Wildman–Crippen MR) is 236 cm³/mol. The quantitative estimate of drug-likeness (QED) is 0.0174. The molecule has 6 aromatic carbocycles. The van der Waals surface area contributed by atoms with Gasteiger partial charge in [0.15, 0.2) is 0 Å². The Bertz CT molecular complexity index is 2850. The first kappa shape index (κ1) is 44.3. The average Bonchev–Trinajstić information content (AvgIpc) is 3.24. The second-order valence-corrected chi connectivity index (χ2v) is 18.0. The number of hydrogen-bond acceptors (Lipinski definition) is 17. The van der Waals surface area contributed by atoms with Gasteiger partial charge < -0.3 is 21.7 Å². The zero-order chi connectivity index (χ0) is 43.8. The van der Waals surface area contributed by atoms with Crippen molar-refractivity contribution in [1.29, 1.82) is 0 Å². The normalized spacial score (nSPS) is 11.9. The largest absolute Gasteiger partial charge is 0.313 e. The lowest BCUT2D eigenvalue weighted by Gasteiger charge is -2.22. The average molecular weight is 906 g/mol. The number of benzene rings is 6. The van der Waals surface area contributed by atoms with Crippen molar-refractivity contribution in [1.82, 2.24) is 0 Å². The maximum atomic E-state index is 12.9. The third-order valence-corrected chi connectivity index (χ3v) is 12.1. The van der Waals surface area contributed by atoms with Crippen LogP contribution in [0.2, 0.25) is 0 Å². The van der Waals surface area contributed by atoms with Crippen LogP contribution in [0.25, 0.3) is 0 Å². The van der Waals surface area contributed by atoms with Crippen LogP contribution in [0.5, 0.6) is 0 Å². The molecule has 0 atom stereocenters. The topological polar surface area (TPSA) is 266 Å². The molecule has 0 unspecified atom stereocenters. The van der Waals surface area contributed by atoms with Crippen molar-refractivity contribution in [2.75, 3.05) is 39.2 Å². The molecule has 0 aliphatic carbocycles. The van der Waals surface area contributed by atoms with E-state index in [1.54, 1.807) is 84.9 Å². The Morgan fingerprint density at radius 1 is 0.574 bits per heavy atom. The predicted octanol–water partition coefficient (Wildman–Crippen LogP) is 7.59. The molecule has 0 aliphatic heterocycles. The van der Waals surface area contributed by atoms with Crippen LogP contribution in [0.4, 0.5) is 45.5 Å². The summed E-state index contributed by atoms with van der Waals surface area (Å²) in [4.78, 5) is -0.0408. The second kappa shape index (κ2) is 19.0. The van der Waals surface area contributed by atoms with Crippen LogP contribution in [0, 0.1) is 0 Å². The number of nitrogens with one attached hydrogen (secondary N) is 5. The molecule has 6 rings (SSSR count). The van der Waals surface area contributed by atoms with Crippen molar-refractivity contribution >= 4 is 88.5 Å². The highest BCUT2D eigenvalue weighted by atomic mass is 32.2. The molecule has 0 fully saturated rings. The summed E-state index contributed by atoms with van der Waals surface area (Å²) >= 11 is 4.26. The van der Waals surface area contributed by atoms with Gasteiger partial charge in [-0.25, -0.2) is 0 Å². The summed E-state index contributed by atoms with van der Waals surface area (Å²) in [5.41, 5.74) is 19.9. The fourth-order valence-electron chi connectivity index (χ4n) is 5.73. The lowest BCUT2D eigenvalue weighted by atomic mass is 10.0. The third kappa shape index (κ3) is 12.2. The Labute approximate surface area is 357 Å². The zero-order valence-corrected chi connectivity index (χ0v) is 35.3. The molecular weight excluding hydrogens is 867 g/mol. The van der Waals surface area contributed by atoms with E-state index < -0.39 is 30.4 Å². The summed E-state index contributed by atoms with van der Waals surface area (Å²) in [6.07, 6.45) is 0.0398. The van der Waals surface area contributed by atoms with Crippen molar-refractivity contribution < 1.29 is 38.6 Å². The maximum absolute atomic E-state index is 12.9. The van der Waals surface area contributed by atoms with Gasteiger partial charge in [-0.05, 0) is 145 Å². The van der Waals surface area contributed by atoms with Gasteiger partial charge >= 0.3 is 10.1 Å². The lowest BCUT2D eigenvalue weighted by molar-refractivity contribution is 0.332. The summed E-state index contributed by atoms with van der Waals surface area (Å²) in [6.45, 7) is 0. The fraction of sp³-hybridized carbons (Fsp3) is 0.0769. The summed E-state index contributed by atoms with van der Waals surface area (Å²) in [5.74, 6) is 5.15. The molecule has 0 spiro atoms. The molecule has 0 saturated carbocycles. The first-order valence-corrected chi connectivity index (χ1v) is 22.6. The van der Waals surface area contributed by atoms with E-state index in [-0.39, 0.29) is 38.7 Å². The van der Waals surface area contributed by atoms with Crippen LogP contribution in [-0.2, 0) is 47.5 Å². The zero-order valence-electron chi connectivity index (χ0n) is 32.0. The van der Waals surface area contributed by atoms with Crippen molar-refractivity contribution in [2.24, 2.45) is 16.1 Å². The van der Waals surface area contributed by atoms with Gasteiger partial charge in [0.25, 0.3) is 20.2 Å². The third-order valence-electron chi connectivity index (χ3n) is 8.88. The Morgan fingerprint density at radius 2 is 1.00 bits per heavy atom. The Morgan fingerprint density at radius 3 is 1.49 bits per heavy atom. The van der Waals surface area contributed by atoms with Crippen molar-refractivity contribution in [3.63, 3.8) is 0 Å². The number of hydrazine groups is 3. The van der Waals surface area contributed by atoms with Gasteiger partial charge in [-0.1, -0.05) is 12.1 Å². The van der Waals surface area contributed by atoms with Gasteiger partial charge in [0.1, 0.15) is 4.90 Å². The Kier molecular flexibility index (Phi) is 13.8. The molecule has 0 amide bonds. The maximum Gasteiger partial charge on any atom is 0.313 e. The molecule has 22 heteroatoms. The van der Waals surface area contributed by atoms with E-state index in [2.05, 4.69) is 54.3 Å². The Balaban J connectivity index is 1.07. The highest BCUT2D eigenvalue weighted by molar-refractivity contribution is 7.87. The van der Waals surface area contributed by atoms with E-state index in [1.807, 2.05) is 12.1 Å². The first-order chi connectivity index (χ1) is 29.0. The van der Waals surface area contributed by atoms with E-state index in [0.29, 0.717) is 45.5 Å². The molecule has 18 nitrogen and oxygen atoms in total. The van der Waals surface area contributed by atoms with E-state index in [1.165, 1.54) is 48.5 Å². The second-order valence-electron chi connectivity index (χ2n) is 13.2. The number of aryl methyl sites for hydroxylation is 2. The van der Waals surface area contributed by atoms with Crippen LogP contribution in [-0.4, -0.2) is 41.4 Å². The molecule has 6 aromatic rings. The number of hydrogen-bond donors (Lipinski definition) is 9. The molecule has 0 saturated heterocycles. The number of nitrogens with two attached hydrogens (primary N) is 1. The molecular formula is C39H39N9O9S4. The summed E-state index contributed by atoms with van der Waals surface area (Å²) in [6, 6.07) is 35.6. The highest BCUT2D eigenvalue weighted by Gasteiger charge is 2.22. The van der Waals surface area contributed by atoms with Crippen LogP contribution in [0.3, 0.4) is 0 Å². The SMILES string of the molecule is CN(Nc1ccc(NNc2ccc(CCc3ccc(NNc4ccc(N=Nc5ccc(S)cc5)cc4)cc3S(=O)(=O)O)c(S(=O)(=O)ON)c2)cc1)c1ccc(S(=O)(=O)O)cc1. The molecule has 9 N–H and O–H groups in total. The van der Waals surface area contributed by atoms with Gasteiger partial charge in [0.2, 0.25) is 0 Å². The van der Waals surface area contributed by atoms with Crippen molar-refractivity contribution in [3.8, 4) is 0 Å². The molecule has 318 valence electrons. The van der Waals surface area contributed by atoms with E-state index in [0.717, 1.165) is 4.90 Å². The monoisotopic (exact) mass is 905 g/mol. The number of anilines is 6. The smallest absolute Gasteiger partial charge is 0.301 e. The summed E-state index contributed by atoms with van der Waals surface area (Å²) in [5, 5.41) is 10.0. The van der Waals surface area contributed by atoms with Crippen LogP contribution in [0.15, 0.2) is 163 Å². The van der Waals surface area contributed by atoms with E-state index in [4.69, 9.17) is 5.90 Å². The highest BCUT2D eigenvalue weighted by Crippen LogP contribution is 2.28. The van der Waals surface area contributed by atoms with Crippen LogP contribution in [0.1, 0.15) is 11.1 Å². The van der Waals surface area contributed by atoms with Gasteiger partial charge in [0, 0.05) is 11.9 Å². The number of thiol groups is 1. The van der Waals surface area contributed by atoms with Crippen LogP contribution < -0.4 is 38.0 Å².